The molecule has 0 saturated heterocycles. The van der Waals surface area contributed by atoms with Gasteiger partial charge in [-0.25, -0.2) is 9.18 Å². The minimum atomic E-state index is -0.735. The molecule has 8 nitrogen and oxygen atoms in total. The summed E-state index contributed by atoms with van der Waals surface area (Å²) in [5, 5.41) is 4.78. The van der Waals surface area contributed by atoms with Crippen molar-refractivity contribution >= 4 is 23.5 Å². The van der Waals surface area contributed by atoms with Crippen molar-refractivity contribution in [1.29, 1.82) is 0 Å². The minimum absolute atomic E-state index is 0.323. The summed E-state index contributed by atoms with van der Waals surface area (Å²) in [6, 6.07) is 11.8. The van der Waals surface area contributed by atoms with Crippen molar-refractivity contribution in [3.05, 3.63) is 54.3 Å². The van der Waals surface area contributed by atoms with E-state index >= 15 is 0 Å². The van der Waals surface area contributed by atoms with Crippen LogP contribution in [0.3, 0.4) is 0 Å². The SMILES string of the molecule is COc1ccc(OCC(=O)OCC(=O)NCC(=O)Nc2ccc(F)cc2)cc1. The second-order valence-corrected chi connectivity index (χ2v) is 5.46. The Bertz CT molecular complexity index is 808. The van der Waals surface area contributed by atoms with Crippen LogP contribution in [0.2, 0.25) is 0 Å². The van der Waals surface area contributed by atoms with Crippen molar-refractivity contribution in [3.63, 3.8) is 0 Å². The number of benzene rings is 2. The second kappa shape index (κ2) is 10.5. The van der Waals surface area contributed by atoms with E-state index in [0.717, 1.165) is 0 Å². The first kappa shape index (κ1) is 20.7. The monoisotopic (exact) mass is 390 g/mol. The summed E-state index contributed by atoms with van der Waals surface area (Å²) in [4.78, 5) is 34.9. The highest BCUT2D eigenvalue weighted by atomic mass is 19.1. The molecule has 28 heavy (non-hydrogen) atoms. The fourth-order valence-corrected chi connectivity index (χ4v) is 1.97. The van der Waals surface area contributed by atoms with Crippen molar-refractivity contribution < 1.29 is 33.0 Å². The van der Waals surface area contributed by atoms with E-state index in [4.69, 9.17) is 14.2 Å². The molecule has 0 aliphatic rings. The number of halogens is 1. The number of rotatable bonds is 9. The molecule has 148 valence electrons. The largest absolute Gasteiger partial charge is 0.497 e. The van der Waals surface area contributed by atoms with Gasteiger partial charge in [0, 0.05) is 5.69 Å². The number of methoxy groups -OCH3 is 1. The quantitative estimate of drug-likeness (QED) is 0.629. The van der Waals surface area contributed by atoms with E-state index in [9.17, 15) is 18.8 Å². The van der Waals surface area contributed by atoms with Crippen LogP contribution in [0.1, 0.15) is 0 Å². The molecule has 0 spiro atoms. The summed E-state index contributed by atoms with van der Waals surface area (Å²) in [6.45, 7) is -1.24. The van der Waals surface area contributed by atoms with Gasteiger partial charge in [0.25, 0.3) is 5.91 Å². The van der Waals surface area contributed by atoms with E-state index in [2.05, 4.69) is 10.6 Å². The summed E-state index contributed by atoms with van der Waals surface area (Å²) in [6.07, 6.45) is 0. The molecule has 0 aliphatic carbocycles. The van der Waals surface area contributed by atoms with Crippen LogP contribution in [0.15, 0.2) is 48.5 Å². The lowest BCUT2D eigenvalue weighted by molar-refractivity contribution is -0.150. The van der Waals surface area contributed by atoms with Crippen molar-refractivity contribution in [1.82, 2.24) is 5.32 Å². The van der Waals surface area contributed by atoms with Gasteiger partial charge in [0.05, 0.1) is 13.7 Å². The highest BCUT2D eigenvalue weighted by Gasteiger charge is 2.10. The first-order chi connectivity index (χ1) is 13.5. The molecule has 0 saturated carbocycles. The Kier molecular flexibility index (Phi) is 7.77. The average molecular weight is 390 g/mol. The lowest BCUT2D eigenvalue weighted by atomic mass is 10.3. The molecule has 0 bridgehead atoms. The maximum atomic E-state index is 12.8. The summed E-state index contributed by atoms with van der Waals surface area (Å²) < 4.78 is 27.8. The molecule has 2 aromatic carbocycles. The third-order valence-corrected chi connectivity index (χ3v) is 3.35. The lowest BCUT2D eigenvalue weighted by Crippen LogP contribution is -2.36. The molecule has 2 aromatic rings. The molecule has 2 N–H and O–H groups in total. The maximum absolute atomic E-state index is 12.8. The Morgan fingerprint density at radius 3 is 2.18 bits per heavy atom. The number of esters is 1. The van der Waals surface area contributed by atoms with Crippen molar-refractivity contribution in [3.8, 4) is 11.5 Å². The smallest absolute Gasteiger partial charge is 0.344 e. The molecule has 2 rings (SSSR count). The van der Waals surface area contributed by atoms with Gasteiger partial charge in [0.2, 0.25) is 5.91 Å². The summed E-state index contributed by atoms with van der Waals surface area (Å²) in [5.41, 5.74) is 0.391. The predicted molar refractivity (Wildman–Crippen MR) is 97.5 cm³/mol. The maximum Gasteiger partial charge on any atom is 0.344 e. The zero-order chi connectivity index (χ0) is 20.4. The van der Waals surface area contributed by atoms with Crippen LogP contribution in [-0.4, -0.2) is 44.7 Å². The molecule has 2 amide bonds. The fraction of sp³-hybridized carbons (Fsp3) is 0.211. The first-order valence-electron chi connectivity index (χ1n) is 8.21. The van der Waals surface area contributed by atoms with E-state index in [1.165, 1.54) is 31.4 Å². The number of carbonyl (C=O) groups is 3. The van der Waals surface area contributed by atoms with Gasteiger partial charge in [-0.15, -0.1) is 0 Å². The van der Waals surface area contributed by atoms with Crippen molar-refractivity contribution in [2.75, 3.05) is 32.2 Å². The van der Waals surface area contributed by atoms with Gasteiger partial charge < -0.3 is 24.8 Å². The van der Waals surface area contributed by atoms with Crippen LogP contribution >= 0.6 is 0 Å². The van der Waals surface area contributed by atoms with E-state index in [1.54, 1.807) is 24.3 Å². The third kappa shape index (κ3) is 7.32. The van der Waals surface area contributed by atoms with Crippen LogP contribution in [0.4, 0.5) is 10.1 Å². The number of carbonyl (C=O) groups excluding carboxylic acids is 3. The van der Waals surface area contributed by atoms with E-state index in [-0.39, 0.29) is 13.2 Å². The van der Waals surface area contributed by atoms with Gasteiger partial charge >= 0.3 is 5.97 Å². The Hall–Kier alpha value is -3.62. The van der Waals surface area contributed by atoms with E-state index in [1.807, 2.05) is 0 Å². The van der Waals surface area contributed by atoms with Crippen molar-refractivity contribution in [2.45, 2.75) is 0 Å². The Balaban J connectivity index is 1.62. The standard InChI is InChI=1S/C19H19FN2O6/c1-26-15-6-8-16(9-7-15)27-12-19(25)28-11-18(24)21-10-17(23)22-14-4-2-13(20)3-5-14/h2-9H,10-12H2,1H3,(H,21,24)(H,22,23). The highest BCUT2D eigenvalue weighted by Crippen LogP contribution is 2.16. The molecule has 0 fully saturated rings. The van der Waals surface area contributed by atoms with Gasteiger partial charge in [-0.1, -0.05) is 0 Å². The first-order valence-corrected chi connectivity index (χ1v) is 8.21. The van der Waals surface area contributed by atoms with Crippen LogP contribution in [-0.2, 0) is 19.1 Å². The fourth-order valence-electron chi connectivity index (χ4n) is 1.97. The molecular formula is C19H19FN2O6. The summed E-state index contributed by atoms with van der Waals surface area (Å²) in [5.74, 6) is -1.22. The van der Waals surface area contributed by atoms with E-state index in [0.29, 0.717) is 17.2 Å². The number of amides is 2. The van der Waals surface area contributed by atoms with E-state index < -0.39 is 30.2 Å². The molecule has 0 heterocycles. The average Bonchev–Trinajstić information content (AvgIpc) is 2.71. The highest BCUT2D eigenvalue weighted by molar-refractivity contribution is 5.94. The molecule has 9 heteroatoms. The molecule has 0 aliphatic heterocycles. The topological polar surface area (TPSA) is 103 Å². The number of nitrogens with one attached hydrogen (secondary N) is 2. The molecule has 0 aromatic heterocycles. The number of hydrogen-bond acceptors (Lipinski definition) is 6. The van der Waals surface area contributed by atoms with Crippen LogP contribution in [0.5, 0.6) is 11.5 Å². The van der Waals surface area contributed by atoms with Crippen LogP contribution in [0, 0.1) is 5.82 Å². The normalized spacial score (nSPS) is 9.93. The molecular weight excluding hydrogens is 371 g/mol. The van der Waals surface area contributed by atoms with Gasteiger partial charge in [-0.2, -0.15) is 0 Å². The lowest BCUT2D eigenvalue weighted by Gasteiger charge is -2.09. The Morgan fingerprint density at radius 1 is 0.893 bits per heavy atom. The van der Waals surface area contributed by atoms with Gasteiger partial charge in [0.1, 0.15) is 17.3 Å². The summed E-state index contributed by atoms with van der Waals surface area (Å²) >= 11 is 0. The van der Waals surface area contributed by atoms with Gasteiger partial charge in [-0.05, 0) is 48.5 Å². The second-order valence-electron chi connectivity index (χ2n) is 5.46. The van der Waals surface area contributed by atoms with Gasteiger partial charge in [-0.3, -0.25) is 9.59 Å². The summed E-state index contributed by atoms with van der Waals surface area (Å²) in [7, 11) is 1.53. The van der Waals surface area contributed by atoms with Crippen LogP contribution in [0.25, 0.3) is 0 Å². The van der Waals surface area contributed by atoms with Crippen molar-refractivity contribution in [2.24, 2.45) is 0 Å². The zero-order valence-corrected chi connectivity index (χ0v) is 15.1. The predicted octanol–water partition coefficient (Wildman–Crippen LogP) is 1.51. The number of ether oxygens (including phenoxy) is 3. The minimum Gasteiger partial charge on any atom is -0.497 e. The molecule has 0 atom stereocenters. The molecule has 0 radical (unpaired) electrons. The third-order valence-electron chi connectivity index (χ3n) is 3.35. The Labute approximate surface area is 160 Å². The van der Waals surface area contributed by atoms with Gasteiger partial charge in [0.15, 0.2) is 13.2 Å². The molecule has 0 unspecified atom stereocenters. The number of hydrogen-bond donors (Lipinski definition) is 2. The number of anilines is 1. The Morgan fingerprint density at radius 2 is 1.54 bits per heavy atom. The zero-order valence-electron chi connectivity index (χ0n) is 15.1. The van der Waals surface area contributed by atoms with Crippen LogP contribution < -0.4 is 20.1 Å².